The maximum absolute atomic E-state index is 13.4. The summed E-state index contributed by atoms with van der Waals surface area (Å²) in [6, 6.07) is 19.9. The van der Waals surface area contributed by atoms with Crippen LogP contribution in [0.2, 0.25) is 0 Å². The molecule has 1 amide bonds. The zero-order valence-electron chi connectivity index (χ0n) is 22.1. The van der Waals surface area contributed by atoms with Crippen LogP contribution >= 0.6 is 0 Å². The van der Waals surface area contributed by atoms with Crippen molar-refractivity contribution in [2.45, 2.75) is 46.7 Å². The molecule has 0 bridgehead atoms. The quantitative estimate of drug-likeness (QED) is 0.419. The molecule has 7 heteroatoms. The van der Waals surface area contributed by atoms with Crippen molar-refractivity contribution >= 4 is 11.7 Å². The van der Waals surface area contributed by atoms with Gasteiger partial charge in [-0.15, -0.1) is 0 Å². The van der Waals surface area contributed by atoms with Crippen LogP contribution < -0.4 is 9.64 Å². The Balaban J connectivity index is 1.65. The second kappa shape index (κ2) is 12.1. The normalized spacial score (nSPS) is 15.1. The Hall–Kier alpha value is -3.32. The highest BCUT2D eigenvalue weighted by Crippen LogP contribution is 2.30. The predicted molar refractivity (Wildman–Crippen MR) is 145 cm³/mol. The molecule has 1 aliphatic rings. The zero-order chi connectivity index (χ0) is 25.5. The van der Waals surface area contributed by atoms with Crippen molar-refractivity contribution < 1.29 is 9.53 Å². The molecule has 0 saturated carbocycles. The maximum atomic E-state index is 13.4. The average molecular weight is 490 g/mol. The second-order valence-corrected chi connectivity index (χ2v) is 9.44. The van der Waals surface area contributed by atoms with E-state index in [4.69, 9.17) is 9.84 Å². The van der Waals surface area contributed by atoms with Crippen LogP contribution in [0, 0.1) is 6.92 Å². The number of carbonyl (C=O) groups excluding carboxylic acids is 1. The van der Waals surface area contributed by atoms with Crippen molar-refractivity contribution in [3.63, 3.8) is 0 Å². The van der Waals surface area contributed by atoms with Crippen molar-refractivity contribution in [3.8, 4) is 11.4 Å². The number of hydrogen-bond donors (Lipinski definition) is 0. The maximum Gasteiger partial charge on any atom is 0.261 e. The second-order valence-electron chi connectivity index (χ2n) is 9.44. The molecular weight excluding hydrogens is 450 g/mol. The number of hydrogen-bond acceptors (Lipinski definition) is 5. The molecule has 1 saturated heterocycles. The molecule has 192 valence electrons. The summed E-state index contributed by atoms with van der Waals surface area (Å²) < 4.78 is 7.89. The lowest BCUT2D eigenvalue weighted by Crippen LogP contribution is -2.47. The summed E-state index contributed by atoms with van der Waals surface area (Å²) in [6.07, 6.45) is 0.869. The van der Waals surface area contributed by atoms with Crippen molar-refractivity contribution in [3.05, 3.63) is 71.9 Å². The molecule has 36 heavy (non-hydrogen) atoms. The summed E-state index contributed by atoms with van der Waals surface area (Å²) in [5.41, 5.74) is 3.10. The lowest BCUT2D eigenvalue weighted by molar-refractivity contribution is -0.136. The van der Waals surface area contributed by atoms with Gasteiger partial charge in [0.2, 0.25) is 0 Å². The van der Waals surface area contributed by atoms with Crippen LogP contribution in [0.4, 0.5) is 5.82 Å². The SMILES string of the molecule is CC[C@H](C)N(Cc1c(C)nn(-c2ccccc2)c1N1CCN(CC)CC1)C(=O)COc1ccccc1. The summed E-state index contributed by atoms with van der Waals surface area (Å²) in [6.45, 7) is 14.0. The van der Waals surface area contributed by atoms with Gasteiger partial charge in [-0.2, -0.15) is 5.10 Å². The highest BCUT2D eigenvalue weighted by atomic mass is 16.5. The highest BCUT2D eigenvalue weighted by Gasteiger charge is 2.29. The van der Waals surface area contributed by atoms with Gasteiger partial charge in [-0.05, 0) is 51.1 Å². The first-order valence-corrected chi connectivity index (χ1v) is 13.1. The molecule has 0 unspecified atom stereocenters. The number of benzene rings is 2. The molecular formula is C29H39N5O2. The van der Waals surface area contributed by atoms with Gasteiger partial charge in [0.1, 0.15) is 11.6 Å². The van der Waals surface area contributed by atoms with Gasteiger partial charge in [0.25, 0.3) is 5.91 Å². The summed E-state index contributed by atoms with van der Waals surface area (Å²) in [4.78, 5) is 20.3. The number of carbonyl (C=O) groups is 1. The largest absolute Gasteiger partial charge is 0.484 e. The molecule has 3 aromatic rings. The molecule has 4 rings (SSSR count). The number of ether oxygens (including phenoxy) is 1. The van der Waals surface area contributed by atoms with E-state index in [1.54, 1.807) is 0 Å². The van der Waals surface area contributed by atoms with E-state index in [0.717, 1.165) is 61.9 Å². The molecule has 0 aliphatic carbocycles. The smallest absolute Gasteiger partial charge is 0.261 e. The molecule has 1 atom stereocenters. The fourth-order valence-corrected chi connectivity index (χ4v) is 4.71. The van der Waals surface area contributed by atoms with Gasteiger partial charge in [0.05, 0.1) is 17.9 Å². The van der Waals surface area contributed by atoms with E-state index < -0.39 is 0 Å². The van der Waals surface area contributed by atoms with Crippen molar-refractivity contribution in [1.29, 1.82) is 0 Å². The molecule has 1 aliphatic heterocycles. The summed E-state index contributed by atoms with van der Waals surface area (Å²) >= 11 is 0. The minimum atomic E-state index is -0.0122. The van der Waals surface area contributed by atoms with Crippen LogP contribution in [0.5, 0.6) is 5.75 Å². The van der Waals surface area contributed by atoms with E-state index in [1.165, 1.54) is 0 Å². The third-order valence-corrected chi connectivity index (χ3v) is 7.15. The van der Waals surface area contributed by atoms with E-state index >= 15 is 0 Å². The summed E-state index contributed by atoms with van der Waals surface area (Å²) in [5.74, 6) is 1.79. The molecule has 2 heterocycles. The fraction of sp³-hybridized carbons (Fsp3) is 0.448. The summed E-state index contributed by atoms with van der Waals surface area (Å²) in [5, 5.41) is 4.98. The van der Waals surface area contributed by atoms with E-state index in [2.05, 4.69) is 54.3 Å². The van der Waals surface area contributed by atoms with E-state index in [1.807, 2.05) is 53.4 Å². The zero-order valence-corrected chi connectivity index (χ0v) is 22.1. The van der Waals surface area contributed by atoms with Gasteiger partial charge in [-0.25, -0.2) is 4.68 Å². The van der Waals surface area contributed by atoms with Gasteiger partial charge in [0, 0.05) is 37.8 Å². The number of amides is 1. The molecule has 7 nitrogen and oxygen atoms in total. The van der Waals surface area contributed by atoms with Crippen LogP contribution in [0.25, 0.3) is 5.69 Å². The number of para-hydroxylation sites is 2. The number of piperazine rings is 1. The minimum absolute atomic E-state index is 0.0122. The Morgan fingerprint density at radius 2 is 1.64 bits per heavy atom. The number of likely N-dealkylation sites (N-methyl/N-ethyl adjacent to an activating group) is 1. The van der Waals surface area contributed by atoms with Gasteiger partial charge in [-0.3, -0.25) is 4.79 Å². The van der Waals surface area contributed by atoms with Crippen LogP contribution in [-0.4, -0.2) is 70.9 Å². The van der Waals surface area contributed by atoms with Crippen LogP contribution in [0.3, 0.4) is 0 Å². The number of anilines is 1. The molecule has 0 N–H and O–H groups in total. The standard InChI is InChI=1S/C29H39N5O2/c1-5-23(3)33(28(35)22-36-26-15-11-8-12-16-26)21-27-24(4)30-34(25-13-9-7-10-14-25)29(27)32-19-17-31(6-2)18-20-32/h7-16,23H,5-6,17-22H2,1-4H3/t23-/m0/s1. The Kier molecular flexibility index (Phi) is 8.65. The van der Waals surface area contributed by atoms with Crippen LogP contribution in [-0.2, 0) is 11.3 Å². The number of aryl methyl sites for hydroxylation is 1. The third-order valence-electron chi connectivity index (χ3n) is 7.15. The van der Waals surface area contributed by atoms with Crippen LogP contribution in [0.1, 0.15) is 38.4 Å². The average Bonchev–Trinajstić information content (AvgIpc) is 3.26. The molecule has 2 aromatic carbocycles. The van der Waals surface area contributed by atoms with Crippen molar-refractivity contribution in [1.82, 2.24) is 19.6 Å². The molecule has 0 radical (unpaired) electrons. The highest BCUT2D eigenvalue weighted by molar-refractivity contribution is 5.78. The van der Waals surface area contributed by atoms with E-state index in [0.29, 0.717) is 12.3 Å². The molecule has 0 spiro atoms. The topological polar surface area (TPSA) is 53.8 Å². The van der Waals surface area contributed by atoms with E-state index in [9.17, 15) is 4.79 Å². The molecule has 1 fully saturated rings. The van der Waals surface area contributed by atoms with Gasteiger partial charge < -0.3 is 19.4 Å². The first kappa shape index (κ1) is 25.8. The third kappa shape index (κ3) is 5.90. The van der Waals surface area contributed by atoms with E-state index in [-0.39, 0.29) is 18.6 Å². The lowest BCUT2D eigenvalue weighted by Gasteiger charge is -2.37. The van der Waals surface area contributed by atoms with Crippen LogP contribution in [0.15, 0.2) is 60.7 Å². The Morgan fingerprint density at radius 3 is 2.25 bits per heavy atom. The van der Waals surface area contributed by atoms with Gasteiger partial charge in [-0.1, -0.05) is 50.2 Å². The number of rotatable bonds is 10. The Bertz CT molecular complexity index is 1110. The fourth-order valence-electron chi connectivity index (χ4n) is 4.71. The van der Waals surface area contributed by atoms with Gasteiger partial charge in [0.15, 0.2) is 6.61 Å². The first-order chi connectivity index (χ1) is 17.5. The van der Waals surface area contributed by atoms with Gasteiger partial charge >= 0.3 is 0 Å². The Labute approximate surface area is 215 Å². The number of nitrogens with zero attached hydrogens (tertiary/aromatic N) is 5. The Morgan fingerprint density at radius 1 is 1.00 bits per heavy atom. The molecule has 1 aromatic heterocycles. The minimum Gasteiger partial charge on any atom is -0.484 e. The monoisotopic (exact) mass is 489 g/mol. The summed E-state index contributed by atoms with van der Waals surface area (Å²) in [7, 11) is 0. The van der Waals surface area contributed by atoms with Crippen molar-refractivity contribution in [2.24, 2.45) is 0 Å². The lowest BCUT2D eigenvalue weighted by atomic mass is 10.1. The first-order valence-electron chi connectivity index (χ1n) is 13.1. The number of aromatic nitrogens is 2. The van der Waals surface area contributed by atoms with Crippen molar-refractivity contribution in [2.75, 3.05) is 44.2 Å². The predicted octanol–water partition coefficient (Wildman–Crippen LogP) is 4.53.